The molecule has 0 aliphatic carbocycles. The molecular weight excluding hydrogens is 405 g/mol. The minimum Gasteiger partial charge on any atom is -0.387 e. The number of aromatic nitrogens is 2. The molecule has 1 atom stereocenters. The van der Waals surface area contributed by atoms with Crippen molar-refractivity contribution in [3.8, 4) is 0 Å². The molecule has 0 fully saturated rings. The summed E-state index contributed by atoms with van der Waals surface area (Å²) >= 11 is 12.1. The highest BCUT2D eigenvalue weighted by Gasteiger charge is 2.16. The van der Waals surface area contributed by atoms with Crippen LogP contribution < -0.4 is 5.62 Å². The number of nitrogens with zero attached hydrogens (tertiary/aromatic N) is 2. The van der Waals surface area contributed by atoms with Crippen molar-refractivity contribution < 1.29 is 5.11 Å². The second kappa shape index (κ2) is 8.07. The summed E-state index contributed by atoms with van der Waals surface area (Å²) in [6.45, 7) is 2.90. The molecular formula is C23H21Cl2N3O. The van der Waals surface area contributed by atoms with E-state index in [2.05, 4.69) is 31.2 Å². The maximum absolute atomic E-state index is 10.8. The first-order valence-corrected chi connectivity index (χ1v) is 10.1. The van der Waals surface area contributed by atoms with E-state index in [9.17, 15) is 5.11 Å². The number of nitrogens with one attached hydrogen (secondary N) is 1. The lowest BCUT2D eigenvalue weighted by atomic mass is 10.1. The van der Waals surface area contributed by atoms with Crippen molar-refractivity contribution in [3.63, 3.8) is 0 Å². The molecule has 0 amide bonds. The highest BCUT2D eigenvalue weighted by atomic mass is 35.5. The summed E-state index contributed by atoms with van der Waals surface area (Å²) in [5, 5.41) is 20.4. The molecule has 4 nitrogen and oxygen atoms in total. The zero-order valence-corrected chi connectivity index (χ0v) is 17.5. The molecule has 0 spiro atoms. The molecule has 0 saturated carbocycles. The number of aryl methyl sites for hydroxylation is 1. The SMILES string of the molecule is Cc1ccc(Cn2c(=N)n(C[C@H](O)c3ccc(Cl)c(Cl)c3)c3ccccc32)cc1. The Kier molecular flexibility index (Phi) is 5.50. The van der Waals surface area contributed by atoms with Crippen molar-refractivity contribution in [2.75, 3.05) is 0 Å². The van der Waals surface area contributed by atoms with Gasteiger partial charge in [0.05, 0.1) is 40.3 Å². The van der Waals surface area contributed by atoms with Crippen LogP contribution in [0.25, 0.3) is 11.0 Å². The highest BCUT2D eigenvalue weighted by Crippen LogP contribution is 2.27. The summed E-state index contributed by atoms with van der Waals surface area (Å²) in [6.07, 6.45) is -0.808. The molecule has 4 aromatic rings. The van der Waals surface area contributed by atoms with Gasteiger partial charge in [-0.25, -0.2) is 0 Å². The number of aliphatic hydroxyl groups excluding tert-OH is 1. The number of aliphatic hydroxyl groups is 1. The first-order chi connectivity index (χ1) is 13.9. The first-order valence-electron chi connectivity index (χ1n) is 9.35. The molecule has 2 N–H and O–H groups in total. The minimum absolute atomic E-state index is 0.248. The molecule has 1 aromatic heterocycles. The zero-order valence-electron chi connectivity index (χ0n) is 15.9. The van der Waals surface area contributed by atoms with Crippen LogP contribution in [0.2, 0.25) is 10.0 Å². The molecule has 29 heavy (non-hydrogen) atoms. The van der Waals surface area contributed by atoms with Crippen molar-refractivity contribution in [2.24, 2.45) is 0 Å². The molecule has 0 saturated heterocycles. The lowest BCUT2D eigenvalue weighted by molar-refractivity contribution is 0.156. The molecule has 4 rings (SSSR count). The van der Waals surface area contributed by atoms with E-state index in [0.29, 0.717) is 27.8 Å². The lowest BCUT2D eigenvalue weighted by Crippen LogP contribution is -2.27. The number of fused-ring (bicyclic) bond motifs is 1. The van der Waals surface area contributed by atoms with Gasteiger partial charge in [-0.05, 0) is 42.3 Å². The molecule has 1 heterocycles. The second-order valence-electron chi connectivity index (χ2n) is 7.18. The average molecular weight is 426 g/mol. The normalized spacial score (nSPS) is 12.4. The van der Waals surface area contributed by atoms with Gasteiger partial charge in [-0.1, -0.05) is 71.2 Å². The predicted molar refractivity (Wildman–Crippen MR) is 117 cm³/mol. The van der Waals surface area contributed by atoms with Crippen molar-refractivity contribution >= 4 is 34.2 Å². The Hall–Kier alpha value is -2.53. The van der Waals surface area contributed by atoms with E-state index in [1.807, 2.05) is 33.4 Å². The standard InChI is InChI=1S/C23H21Cl2N3O/c1-15-6-8-16(9-7-15)13-27-20-4-2-3-5-21(20)28(23(27)26)14-22(29)17-10-11-18(24)19(25)12-17/h2-12,22,26,29H,13-14H2,1H3/t22-/m0/s1. The van der Waals surface area contributed by atoms with Crippen LogP contribution >= 0.6 is 23.2 Å². The Balaban J connectivity index is 1.73. The topological polar surface area (TPSA) is 53.9 Å². The summed E-state index contributed by atoms with van der Waals surface area (Å²) in [5.41, 5.74) is 5.20. The van der Waals surface area contributed by atoms with Crippen LogP contribution in [0.3, 0.4) is 0 Å². The van der Waals surface area contributed by atoms with Crippen molar-refractivity contribution in [2.45, 2.75) is 26.1 Å². The van der Waals surface area contributed by atoms with Crippen LogP contribution in [-0.2, 0) is 13.1 Å². The van der Waals surface area contributed by atoms with Gasteiger partial charge in [0, 0.05) is 0 Å². The molecule has 148 valence electrons. The third kappa shape index (κ3) is 3.97. The van der Waals surface area contributed by atoms with Crippen LogP contribution in [0.1, 0.15) is 22.8 Å². The third-order valence-corrected chi connectivity index (χ3v) is 5.86. The maximum atomic E-state index is 10.8. The van der Waals surface area contributed by atoms with Gasteiger partial charge in [0.25, 0.3) is 0 Å². The smallest absolute Gasteiger partial charge is 0.203 e. The maximum Gasteiger partial charge on any atom is 0.203 e. The van der Waals surface area contributed by atoms with Gasteiger partial charge in [0.15, 0.2) is 0 Å². The van der Waals surface area contributed by atoms with Gasteiger partial charge in [0.2, 0.25) is 5.62 Å². The summed E-state index contributed by atoms with van der Waals surface area (Å²) in [5.74, 6) is 0. The molecule has 6 heteroatoms. The number of halogens is 2. The monoisotopic (exact) mass is 425 g/mol. The van der Waals surface area contributed by atoms with E-state index in [4.69, 9.17) is 28.6 Å². The fourth-order valence-corrected chi connectivity index (χ4v) is 3.82. The molecule has 0 radical (unpaired) electrons. The summed E-state index contributed by atoms with van der Waals surface area (Å²) in [6, 6.07) is 21.3. The van der Waals surface area contributed by atoms with Crippen LogP contribution in [0, 0.1) is 12.3 Å². The fourth-order valence-electron chi connectivity index (χ4n) is 3.51. The van der Waals surface area contributed by atoms with Gasteiger partial charge in [-0.15, -0.1) is 0 Å². The number of hydrogen-bond donors (Lipinski definition) is 2. The summed E-state index contributed by atoms with van der Waals surface area (Å²) < 4.78 is 3.79. The lowest BCUT2D eigenvalue weighted by Gasteiger charge is -2.13. The number of para-hydroxylation sites is 2. The molecule has 3 aromatic carbocycles. The van der Waals surface area contributed by atoms with E-state index >= 15 is 0 Å². The number of hydrogen-bond acceptors (Lipinski definition) is 2. The average Bonchev–Trinajstić information content (AvgIpc) is 2.97. The molecule has 0 aliphatic rings. The van der Waals surface area contributed by atoms with E-state index in [1.165, 1.54) is 5.56 Å². The van der Waals surface area contributed by atoms with E-state index < -0.39 is 6.10 Å². The third-order valence-electron chi connectivity index (χ3n) is 5.12. The van der Waals surface area contributed by atoms with E-state index in [1.54, 1.807) is 18.2 Å². The molecule has 0 bridgehead atoms. The van der Waals surface area contributed by atoms with Gasteiger partial charge >= 0.3 is 0 Å². The van der Waals surface area contributed by atoms with Crippen molar-refractivity contribution in [3.05, 3.63) is 99.1 Å². The Labute approximate surface area is 179 Å². The Morgan fingerprint density at radius 1 is 0.897 bits per heavy atom. The fraction of sp³-hybridized carbons (Fsp3) is 0.174. The van der Waals surface area contributed by atoms with Gasteiger partial charge in [-0.2, -0.15) is 0 Å². The molecule has 0 aliphatic heterocycles. The van der Waals surface area contributed by atoms with Crippen LogP contribution in [0.5, 0.6) is 0 Å². The Morgan fingerprint density at radius 2 is 1.55 bits per heavy atom. The minimum atomic E-state index is -0.808. The van der Waals surface area contributed by atoms with E-state index in [0.717, 1.165) is 16.6 Å². The highest BCUT2D eigenvalue weighted by molar-refractivity contribution is 6.42. The number of imidazole rings is 1. The zero-order chi connectivity index (χ0) is 20.5. The van der Waals surface area contributed by atoms with Crippen LogP contribution in [0.4, 0.5) is 0 Å². The Morgan fingerprint density at radius 3 is 2.21 bits per heavy atom. The predicted octanol–water partition coefficient (Wildman–Crippen LogP) is 5.32. The largest absolute Gasteiger partial charge is 0.387 e. The quantitative estimate of drug-likeness (QED) is 0.446. The van der Waals surface area contributed by atoms with Gasteiger partial charge in [-0.3, -0.25) is 5.41 Å². The van der Waals surface area contributed by atoms with Crippen LogP contribution in [-0.4, -0.2) is 14.2 Å². The number of rotatable bonds is 5. The van der Waals surface area contributed by atoms with Crippen LogP contribution in [0.15, 0.2) is 66.7 Å². The summed E-state index contributed by atoms with van der Waals surface area (Å²) in [7, 11) is 0. The molecule has 0 unspecified atom stereocenters. The van der Waals surface area contributed by atoms with Crippen molar-refractivity contribution in [1.82, 2.24) is 9.13 Å². The van der Waals surface area contributed by atoms with Crippen molar-refractivity contribution in [1.29, 1.82) is 5.41 Å². The van der Waals surface area contributed by atoms with E-state index in [-0.39, 0.29) is 6.54 Å². The second-order valence-corrected chi connectivity index (χ2v) is 8.00. The van der Waals surface area contributed by atoms with Gasteiger partial charge in [0.1, 0.15) is 0 Å². The van der Waals surface area contributed by atoms with Gasteiger partial charge < -0.3 is 14.2 Å². The Bertz CT molecular complexity index is 1230. The number of benzene rings is 3. The first kappa shape index (κ1) is 19.8. The summed E-state index contributed by atoms with van der Waals surface area (Å²) in [4.78, 5) is 0.